The summed E-state index contributed by atoms with van der Waals surface area (Å²) in [6, 6.07) is 18.5. The van der Waals surface area contributed by atoms with Gasteiger partial charge in [-0.05, 0) is 12.1 Å². The number of rotatable bonds is 6. The van der Waals surface area contributed by atoms with Gasteiger partial charge in [0.1, 0.15) is 17.9 Å². The Bertz CT molecular complexity index is 703. The molecule has 22 heavy (non-hydrogen) atoms. The van der Waals surface area contributed by atoms with Gasteiger partial charge in [-0.2, -0.15) is 5.26 Å². The normalized spacial score (nSPS) is 12.2. The molecule has 2 aromatic carbocycles. The molecule has 1 N–H and O–H groups in total. The standard InChI is InChI=1S/C18H16N2O2/c1-2-8-18(22-14-9-4-3-5-10-14)16-12-7-6-11-15(16)17(13-19)20-21/h2-7,9-12,18,21H,1,8H2. The molecule has 0 radical (unpaired) electrons. The molecule has 0 amide bonds. The van der Waals surface area contributed by atoms with E-state index in [2.05, 4.69) is 11.7 Å². The molecule has 0 aliphatic carbocycles. The number of benzene rings is 2. The van der Waals surface area contributed by atoms with E-state index in [0.717, 1.165) is 11.3 Å². The number of nitrogens with zero attached hydrogens (tertiary/aromatic N) is 2. The maximum absolute atomic E-state index is 9.10. The molecule has 0 saturated carbocycles. The van der Waals surface area contributed by atoms with Gasteiger partial charge in [0.05, 0.1) is 0 Å². The van der Waals surface area contributed by atoms with Gasteiger partial charge in [0, 0.05) is 17.5 Å². The lowest BCUT2D eigenvalue weighted by atomic mass is 9.97. The van der Waals surface area contributed by atoms with Gasteiger partial charge in [-0.1, -0.05) is 53.7 Å². The number of oxime groups is 1. The second-order valence-electron chi connectivity index (χ2n) is 4.59. The van der Waals surface area contributed by atoms with Crippen LogP contribution >= 0.6 is 0 Å². The van der Waals surface area contributed by atoms with Crippen LogP contribution in [0, 0.1) is 11.3 Å². The van der Waals surface area contributed by atoms with Gasteiger partial charge in [0.15, 0.2) is 5.71 Å². The van der Waals surface area contributed by atoms with Crippen LogP contribution in [0.3, 0.4) is 0 Å². The molecule has 0 spiro atoms. The third kappa shape index (κ3) is 3.53. The monoisotopic (exact) mass is 292 g/mol. The first kappa shape index (κ1) is 15.3. The predicted octanol–water partition coefficient (Wildman–Crippen LogP) is 4.08. The summed E-state index contributed by atoms with van der Waals surface area (Å²) < 4.78 is 6.00. The maximum Gasteiger partial charge on any atom is 0.187 e. The molecule has 110 valence electrons. The highest BCUT2D eigenvalue weighted by atomic mass is 16.5. The predicted molar refractivity (Wildman–Crippen MR) is 85.0 cm³/mol. The van der Waals surface area contributed by atoms with Gasteiger partial charge in [0.25, 0.3) is 0 Å². The van der Waals surface area contributed by atoms with Crippen molar-refractivity contribution in [2.24, 2.45) is 5.16 Å². The van der Waals surface area contributed by atoms with Crippen molar-refractivity contribution in [2.75, 3.05) is 0 Å². The SMILES string of the molecule is C=CCC(Oc1ccccc1)c1ccccc1C(C#N)=NO. The lowest BCUT2D eigenvalue weighted by Crippen LogP contribution is -2.12. The summed E-state index contributed by atoms with van der Waals surface area (Å²) in [5.41, 5.74) is 1.29. The van der Waals surface area contributed by atoms with Gasteiger partial charge < -0.3 is 9.94 Å². The number of hydrogen-bond acceptors (Lipinski definition) is 4. The van der Waals surface area contributed by atoms with Gasteiger partial charge in [-0.15, -0.1) is 6.58 Å². The summed E-state index contributed by atoms with van der Waals surface area (Å²) in [5, 5.41) is 21.2. The van der Waals surface area contributed by atoms with Crippen LogP contribution in [-0.4, -0.2) is 10.9 Å². The first-order valence-electron chi connectivity index (χ1n) is 6.84. The molecule has 0 aliphatic heterocycles. The summed E-state index contributed by atoms with van der Waals surface area (Å²) in [5.74, 6) is 0.726. The highest BCUT2D eigenvalue weighted by Crippen LogP contribution is 2.28. The third-order valence-corrected chi connectivity index (χ3v) is 3.17. The molecule has 0 saturated heterocycles. The third-order valence-electron chi connectivity index (χ3n) is 3.17. The van der Waals surface area contributed by atoms with E-state index in [-0.39, 0.29) is 11.8 Å². The van der Waals surface area contributed by atoms with Crippen LogP contribution in [0.25, 0.3) is 0 Å². The molecule has 0 aromatic heterocycles. The fraction of sp³-hybridized carbons (Fsp3) is 0.111. The summed E-state index contributed by atoms with van der Waals surface area (Å²) in [6.45, 7) is 3.76. The highest BCUT2D eigenvalue weighted by molar-refractivity contribution is 6.12. The van der Waals surface area contributed by atoms with Crippen LogP contribution in [0.15, 0.2) is 72.4 Å². The van der Waals surface area contributed by atoms with E-state index in [0.29, 0.717) is 12.0 Å². The zero-order valence-electron chi connectivity index (χ0n) is 12.0. The average molecular weight is 292 g/mol. The molecule has 4 heteroatoms. The minimum absolute atomic E-state index is 0.0404. The summed E-state index contributed by atoms with van der Waals surface area (Å²) >= 11 is 0. The maximum atomic E-state index is 9.10. The molecule has 4 nitrogen and oxygen atoms in total. The number of nitriles is 1. The lowest BCUT2D eigenvalue weighted by molar-refractivity contribution is 0.209. The summed E-state index contributed by atoms with van der Waals surface area (Å²) in [4.78, 5) is 0. The van der Waals surface area contributed by atoms with Crippen LogP contribution < -0.4 is 4.74 Å². The Morgan fingerprint density at radius 3 is 2.55 bits per heavy atom. The first-order chi connectivity index (χ1) is 10.8. The topological polar surface area (TPSA) is 65.6 Å². The van der Waals surface area contributed by atoms with E-state index in [9.17, 15) is 0 Å². The Kier molecular flexibility index (Phi) is 5.33. The first-order valence-corrected chi connectivity index (χ1v) is 6.84. The fourth-order valence-corrected chi connectivity index (χ4v) is 2.18. The van der Waals surface area contributed by atoms with Crippen molar-refractivity contribution in [1.29, 1.82) is 5.26 Å². The Labute approximate surface area is 129 Å². The largest absolute Gasteiger partial charge is 0.485 e. The van der Waals surface area contributed by atoms with E-state index in [1.165, 1.54) is 0 Å². The van der Waals surface area contributed by atoms with Crippen molar-refractivity contribution in [3.8, 4) is 11.8 Å². The van der Waals surface area contributed by atoms with E-state index in [4.69, 9.17) is 15.2 Å². The molecule has 0 aliphatic rings. The van der Waals surface area contributed by atoms with Crippen molar-refractivity contribution in [2.45, 2.75) is 12.5 Å². The molecule has 0 bridgehead atoms. The molecular weight excluding hydrogens is 276 g/mol. The van der Waals surface area contributed by atoms with Crippen molar-refractivity contribution < 1.29 is 9.94 Å². The molecule has 0 heterocycles. The van der Waals surface area contributed by atoms with Crippen molar-refractivity contribution in [1.82, 2.24) is 0 Å². The Morgan fingerprint density at radius 1 is 1.23 bits per heavy atom. The summed E-state index contributed by atoms with van der Waals surface area (Å²) in [6.07, 6.45) is 2.00. The molecular formula is C18H16N2O2. The molecule has 2 aromatic rings. The Morgan fingerprint density at radius 2 is 1.91 bits per heavy atom. The number of para-hydroxylation sites is 1. The Balaban J connectivity index is 2.41. The zero-order chi connectivity index (χ0) is 15.8. The summed E-state index contributed by atoms with van der Waals surface area (Å²) in [7, 11) is 0. The van der Waals surface area contributed by atoms with Crippen LogP contribution in [0.5, 0.6) is 5.75 Å². The highest BCUT2D eigenvalue weighted by Gasteiger charge is 2.19. The molecule has 1 atom stereocenters. The van der Waals surface area contributed by atoms with Crippen LogP contribution in [0.1, 0.15) is 23.7 Å². The van der Waals surface area contributed by atoms with Crippen LogP contribution in [0.2, 0.25) is 0 Å². The fourth-order valence-electron chi connectivity index (χ4n) is 2.18. The average Bonchev–Trinajstić information content (AvgIpc) is 2.57. The van der Waals surface area contributed by atoms with E-state index >= 15 is 0 Å². The van der Waals surface area contributed by atoms with E-state index in [1.807, 2.05) is 48.5 Å². The molecule has 1 unspecified atom stereocenters. The minimum atomic E-state index is -0.318. The van der Waals surface area contributed by atoms with Gasteiger partial charge in [-0.25, -0.2) is 0 Å². The van der Waals surface area contributed by atoms with Crippen molar-refractivity contribution in [3.63, 3.8) is 0 Å². The number of hydrogen-bond donors (Lipinski definition) is 1. The lowest BCUT2D eigenvalue weighted by Gasteiger charge is -2.20. The second-order valence-corrected chi connectivity index (χ2v) is 4.59. The Hall–Kier alpha value is -3.06. The van der Waals surface area contributed by atoms with Crippen molar-refractivity contribution in [3.05, 3.63) is 78.4 Å². The van der Waals surface area contributed by atoms with Gasteiger partial charge >= 0.3 is 0 Å². The molecule has 0 fully saturated rings. The van der Waals surface area contributed by atoms with Crippen LogP contribution in [0.4, 0.5) is 0 Å². The number of ether oxygens (including phenoxy) is 1. The quantitative estimate of drug-likeness (QED) is 0.377. The van der Waals surface area contributed by atoms with E-state index in [1.54, 1.807) is 18.2 Å². The van der Waals surface area contributed by atoms with Gasteiger partial charge in [-0.3, -0.25) is 0 Å². The van der Waals surface area contributed by atoms with Crippen LogP contribution in [-0.2, 0) is 0 Å². The second kappa shape index (κ2) is 7.65. The molecule has 2 rings (SSSR count). The van der Waals surface area contributed by atoms with E-state index < -0.39 is 0 Å². The smallest absolute Gasteiger partial charge is 0.187 e. The zero-order valence-corrected chi connectivity index (χ0v) is 12.0. The van der Waals surface area contributed by atoms with Crippen molar-refractivity contribution >= 4 is 5.71 Å². The minimum Gasteiger partial charge on any atom is -0.485 e. The van der Waals surface area contributed by atoms with Gasteiger partial charge in [0.2, 0.25) is 0 Å².